The molecule has 0 aromatic heterocycles. The molecule has 0 amide bonds. The van der Waals surface area contributed by atoms with Gasteiger partial charge in [0.1, 0.15) is 0 Å². The first kappa shape index (κ1) is 17.4. The summed E-state index contributed by atoms with van der Waals surface area (Å²) in [5.74, 6) is 1.40. The molecule has 4 fully saturated rings. The van der Waals surface area contributed by atoms with Crippen LogP contribution in [0, 0.1) is 34.0 Å². The first-order valence-corrected chi connectivity index (χ1v) is 10.7. The van der Waals surface area contributed by atoms with Crippen LogP contribution in [-0.4, -0.2) is 23.8 Å². The summed E-state index contributed by atoms with van der Waals surface area (Å²) in [5.41, 5.74) is -0.0739. The summed E-state index contributed by atoms with van der Waals surface area (Å²) >= 11 is 0. The van der Waals surface area contributed by atoms with Crippen LogP contribution in [0.5, 0.6) is 0 Å². The number of ketones is 1. The molecule has 0 N–H and O–H groups in total. The third kappa shape index (κ3) is 1.90. The monoisotopic (exact) mass is 358 g/mol. The van der Waals surface area contributed by atoms with Gasteiger partial charge in [0.2, 0.25) is 0 Å². The van der Waals surface area contributed by atoms with E-state index in [0.29, 0.717) is 29.0 Å². The number of carbonyl (C=O) groups excluding carboxylic acids is 1. The largest absolute Gasteiger partial charge is 0.344 e. The quantitative estimate of drug-likeness (QED) is 0.618. The third-order valence-electron chi connectivity index (χ3n) is 9.48. The summed E-state index contributed by atoms with van der Waals surface area (Å²) in [6, 6.07) is 0. The lowest BCUT2D eigenvalue weighted by Crippen LogP contribution is -2.65. The van der Waals surface area contributed by atoms with Gasteiger partial charge in [-0.15, -0.1) is 0 Å². The summed E-state index contributed by atoms with van der Waals surface area (Å²) in [6.07, 6.45) is 11.8. The number of allylic oxidation sites excluding steroid dienone is 2. The highest BCUT2D eigenvalue weighted by atomic mass is 16.8. The van der Waals surface area contributed by atoms with E-state index in [9.17, 15) is 4.79 Å². The minimum atomic E-state index is -0.515. The normalized spacial score (nSPS) is 57.3. The van der Waals surface area contributed by atoms with Crippen molar-refractivity contribution >= 4 is 5.78 Å². The predicted molar refractivity (Wildman–Crippen MR) is 100 cm³/mol. The van der Waals surface area contributed by atoms with E-state index in [4.69, 9.17) is 9.47 Å². The second-order valence-electron chi connectivity index (χ2n) is 10.9. The highest BCUT2D eigenvalue weighted by Crippen LogP contribution is 2.70. The Morgan fingerprint density at radius 2 is 1.65 bits per heavy atom. The van der Waals surface area contributed by atoms with E-state index in [1.165, 1.54) is 25.7 Å². The minimum Gasteiger partial charge on any atom is -0.344 e. The molecule has 3 saturated carbocycles. The van der Waals surface area contributed by atoms with E-state index < -0.39 is 5.79 Å². The molecule has 0 aromatic carbocycles. The Hall–Kier alpha value is -0.670. The average Bonchev–Trinajstić information content (AvgIpc) is 3.01. The lowest BCUT2D eigenvalue weighted by molar-refractivity contribution is -0.196. The number of rotatable bonds is 0. The van der Waals surface area contributed by atoms with E-state index in [2.05, 4.69) is 40.7 Å². The summed E-state index contributed by atoms with van der Waals surface area (Å²) in [6.45, 7) is 11.2. The molecule has 3 nitrogen and oxygen atoms in total. The molecule has 3 unspecified atom stereocenters. The van der Waals surface area contributed by atoms with Gasteiger partial charge < -0.3 is 9.47 Å². The SMILES string of the molecule is CC1(C)O[C@@H]2C3CCCC[C@]3(C)C3CC[C@]4(C)C(=O)C=C[C@]4(C)C3[C@H]2O1. The van der Waals surface area contributed by atoms with Crippen LogP contribution in [0.3, 0.4) is 0 Å². The highest BCUT2D eigenvalue weighted by molar-refractivity contribution is 5.98. The van der Waals surface area contributed by atoms with Crippen molar-refractivity contribution in [1.82, 2.24) is 0 Å². The van der Waals surface area contributed by atoms with Crippen LogP contribution in [-0.2, 0) is 14.3 Å². The summed E-state index contributed by atoms with van der Waals surface area (Å²) in [7, 11) is 0. The van der Waals surface area contributed by atoms with Crippen molar-refractivity contribution in [2.24, 2.45) is 34.0 Å². The fraction of sp³-hybridized carbons (Fsp3) is 0.870. The Bertz CT molecular complexity index is 681. The molecular weight excluding hydrogens is 324 g/mol. The van der Waals surface area contributed by atoms with E-state index in [0.717, 1.165) is 12.8 Å². The van der Waals surface area contributed by atoms with Gasteiger partial charge in [-0.05, 0) is 62.9 Å². The Balaban J connectivity index is 1.66. The molecule has 1 saturated heterocycles. The number of hydrogen-bond acceptors (Lipinski definition) is 3. The highest BCUT2D eigenvalue weighted by Gasteiger charge is 2.71. The second-order valence-corrected chi connectivity index (χ2v) is 10.9. The molecule has 4 aliphatic carbocycles. The number of ether oxygens (including phenoxy) is 2. The Morgan fingerprint density at radius 3 is 2.42 bits per heavy atom. The van der Waals surface area contributed by atoms with Crippen LogP contribution in [0.25, 0.3) is 0 Å². The van der Waals surface area contributed by atoms with Gasteiger partial charge >= 0.3 is 0 Å². The molecular formula is C23H34O3. The van der Waals surface area contributed by atoms with Gasteiger partial charge in [-0.1, -0.05) is 39.7 Å². The zero-order valence-corrected chi connectivity index (χ0v) is 17.0. The molecule has 144 valence electrons. The van der Waals surface area contributed by atoms with Crippen molar-refractivity contribution in [1.29, 1.82) is 0 Å². The van der Waals surface area contributed by atoms with Gasteiger partial charge in [-0.25, -0.2) is 0 Å². The van der Waals surface area contributed by atoms with Gasteiger partial charge in [-0.3, -0.25) is 4.79 Å². The molecule has 8 atom stereocenters. The van der Waals surface area contributed by atoms with Crippen LogP contribution in [0.1, 0.15) is 73.1 Å². The van der Waals surface area contributed by atoms with Gasteiger partial charge in [0.15, 0.2) is 11.6 Å². The van der Waals surface area contributed by atoms with E-state index in [1.807, 2.05) is 6.08 Å². The van der Waals surface area contributed by atoms with E-state index >= 15 is 0 Å². The summed E-state index contributed by atoms with van der Waals surface area (Å²) in [4.78, 5) is 12.8. The van der Waals surface area contributed by atoms with Crippen LogP contribution in [0.4, 0.5) is 0 Å². The van der Waals surface area contributed by atoms with Crippen molar-refractivity contribution < 1.29 is 14.3 Å². The van der Waals surface area contributed by atoms with Gasteiger partial charge in [0.05, 0.1) is 12.2 Å². The smallest absolute Gasteiger partial charge is 0.163 e. The third-order valence-corrected chi connectivity index (χ3v) is 9.48. The first-order chi connectivity index (χ1) is 12.1. The van der Waals surface area contributed by atoms with Crippen molar-refractivity contribution in [3.05, 3.63) is 12.2 Å². The maximum atomic E-state index is 12.8. The number of fused-ring (bicyclic) bond motifs is 8. The predicted octanol–water partition coefficient (Wildman–Crippen LogP) is 4.89. The maximum Gasteiger partial charge on any atom is 0.163 e. The topological polar surface area (TPSA) is 35.5 Å². The van der Waals surface area contributed by atoms with Gasteiger partial charge in [0, 0.05) is 16.7 Å². The fourth-order valence-electron chi connectivity index (χ4n) is 7.90. The molecule has 1 aliphatic heterocycles. The summed E-state index contributed by atoms with van der Waals surface area (Å²) < 4.78 is 13.2. The Morgan fingerprint density at radius 1 is 0.923 bits per heavy atom. The van der Waals surface area contributed by atoms with Crippen molar-refractivity contribution in [3.8, 4) is 0 Å². The minimum absolute atomic E-state index is 0.117. The molecule has 0 aromatic rings. The standard InChI is InChI=1S/C23H34O3/c1-20(2)25-18-15-8-6-7-11-21(15,3)14-9-12-22(4)16(24)10-13-23(22,5)17(14)19(18)26-20/h10,13-15,17-19H,6-9,11-12H2,1-5H3/t14?,15?,17?,18-,19-,21-,22-,23-/m1/s1. The number of carbonyl (C=O) groups is 1. The van der Waals surface area contributed by atoms with Crippen LogP contribution in [0.15, 0.2) is 12.2 Å². The first-order valence-electron chi connectivity index (χ1n) is 10.7. The van der Waals surface area contributed by atoms with Crippen LogP contribution < -0.4 is 0 Å². The Labute approximate surface area is 157 Å². The van der Waals surface area contributed by atoms with E-state index in [-0.39, 0.29) is 23.0 Å². The van der Waals surface area contributed by atoms with E-state index in [1.54, 1.807) is 0 Å². The van der Waals surface area contributed by atoms with Gasteiger partial charge in [0.25, 0.3) is 0 Å². The molecule has 0 spiro atoms. The molecule has 0 radical (unpaired) electrons. The zero-order chi connectivity index (χ0) is 18.5. The number of hydrogen-bond donors (Lipinski definition) is 0. The lowest BCUT2D eigenvalue weighted by atomic mass is 9.40. The van der Waals surface area contributed by atoms with Crippen LogP contribution in [0.2, 0.25) is 0 Å². The molecule has 5 rings (SSSR count). The molecule has 1 heterocycles. The van der Waals surface area contributed by atoms with Crippen molar-refractivity contribution in [2.45, 2.75) is 91.1 Å². The van der Waals surface area contributed by atoms with Crippen molar-refractivity contribution in [3.63, 3.8) is 0 Å². The van der Waals surface area contributed by atoms with Gasteiger partial charge in [-0.2, -0.15) is 0 Å². The molecule has 0 bridgehead atoms. The summed E-state index contributed by atoms with van der Waals surface area (Å²) in [5, 5.41) is 0. The average molecular weight is 359 g/mol. The molecule has 5 aliphatic rings. The fourth-order valence-corrected chi connectivity index (χ4v) is 7.90. The second kappa shape index (κ2) is 5.03. The van der Waals surface area contributed by atoms with Crippen molar-refractivity contribution in [2.75, 3.05) is 0 Å². The molecule has 26 heavy (non-hydrogen) atoms. The maximum absolute atomic E-state index is 12.8. The Kier molecular flexibility index (Phi) is 3.37. The lowest BCUT2D eigenvalue weighted by Gasteiger charge is -2.65. The zero-order valence-electron chi connectivity index (χ0n) is 17.0. The molecule has 3 heteroatoms. The van der Waals surface area contributed by atoms with Crippen LogP contribution >= 0.6 is 0 Å².